The van der Waals surface area contributed by atoms with Crippen molar-refractivity contribution in [1.29, 1.82) is 0 Å². The van der Waals surface area contributed by atoms with Gasteiger partial charge in [0.1, 0.15) is 6.10 Å². The average molecular weight is 372 g/mol. The van der Waals surface area contributed by atoms with Crippen LogP contribution in [0.15, 0.2) is 60.7 Å². The molecule has 2 aromatic rings. The summed E-state index contributed by atoms with van der Waals surface area (Å²) in [7, 11) is 1.37. The number of benzene rings is 2. The number of ether oxygens (including phenoxy) is 4. The zero-order chi connectivity index (χ0) is 19.2. The number of hydrogen-bond acceptors (Lipinski definition) is 7. The lowest BCUT2D eigenvalue weighted by molar-refractivity contribution is -0.260. The van der Waals surface area contributed by atoms with Crippen molar-refractivity contribution >= 4 is 11.9 Å². The van der Waals surface area contributed by atoms with E-state index in [1.165, 1.54) is 7.11 Å². The van der Waals surface area contributed by atoms with E-state index in [1.54, 1.807) is 60.7 Å². The van der Waals surface area contributed by atoms with Gasteiger partial charge in [-0.3, -0.25) is 0 Å². The molecule has 0 bridgehead atoms. The van der Waals surface area contributed by atoms with Crippen molar-refractivity contribution in [3.05, 3.63) is 71.8 Å². The van der Waals surface area contributed by atoms with Crippen molar-refractivity contribution in [3.63, 3.8) is 0 Å². The summed E-state index contributed by atoms with van der Waals surface area (Å²) >= 11 is 0. The Kier molecular flexibility index (Phi) is 6.18. The second-order valence-electron chi connectivity index (χ2n) is 5.97. The van der Waals surface area contributed by atoms with Crippen molar-refractivity contribution in [2.75, 3.05) is 13.7 Å². The number of aliphatic hydroxyl groups is 1. The Hall–Kier alpha value is -2.74. The van der Waals surface area contributed by atoms with Crippen molar-refractivity contribution in [3.8, 4) is 0 Å². The highest BCUT2D eigenvalue weighted by molar-refractivity contribution is 5.90. The van der Waals surface area contributed by atoms with E-state index in [1.807, 2.05) is 0 Å². The van der Waals surface area contributed by atoms with Crippen molar-refractivity contribution in [2.45, 2.75) is 24.6 Å². The number of hydrogen-bond donors (Lipinski definition) is 1. The first-order valence-corrected chi connectivity index (χ1v) is 8.44. The predicted octanol–water partition coefficient (Wildman–Crippen LogP) is 1.80. The van der Waals surface area contributed by atoms with Crippen LogP contribution in [-0.4, -0.2) is 55.4 Å². The lowest BCUT2D eigenvalue weighted by Gasteiger charge is -2.38. The molecule has 1 saturated heterocycles. The fraction of sp³-hybridized carbons (Fsp3) is 0.300. The van der Waals surface area contributed by atoms with E-state index in [4.69, 9.17) is 18.9 Å². The third-order valence-electron chi connectivity index (χ3n) is 4.16. The van der Waals surface area contributed by atoms with E-state index in [9.17, 15) is 14.7 Å². The Labute approximate surface area is 156 Å². The molecule has 142 valence electrons. The van der Waals surface area contributed by atoms with Crippen LogP contribution < -0.4 is 0 Å². The molecule has 0 spiro atoms. The van der Waals surface area contributed by atoms with Crippen LogP contribution in [-0.2, 0) is 18.9 Å². The molecule has 3 rings (SSSR count). The number of aliphatic hydroxyl groups excluding tert-OH is 1. The fourth-order valence-corrected chi connectivity index (χ4v) is 2.73. The summed E-state index contributed by atoms with van der Waals surface area (Å²) in [4.78, 5) is 24.6. The van der Waals surface area contributed by atoms with Gasteiger partial charge in [0.05, 0.1) is 17.7 Å². The highest BCUT2D eigenvalue weighted by Crippen LogP contribution is 2.23. The maximum Gasteiger partial charge on any atom is 0.338 e. The summed E-state index contributed by atoms with van der Waals surface area (Å²) in [6.07, 6.45) is -4.42. The number of carbonyl (C=O) groups excluding carboxylic acids is 2. The molecule has 27 heavy (non-hydrogen) atoms. The maximum atomic E-state index is 12.3. The zero-order valence-corrected chi connectivity index (χ0v) is 14.7. The lowest BCUT2D eigenvalue weighted by atomic mass is 10.0. The van der Waals surface area contributed by atoms with Gasteiger partial charge in [-0.1, -0.05) is 36.4 Å². The Morgan fingerprint density at radius 1 is 0.926 bits per heavy atom. The Balaban J connectivity index is 1.70. The standard InChI is InChI=1S/C20H20O7/c1-24-20-17(27-19(23)14-10-6-3-7-11-14)16(21)15(12-25-20)26-18(22)13-8-4-2-5-9-13/h2-11,15-17,20-21H,12H2,1H3/t15-,16+,17-,20+/m1/s1. The summed E-state index contributed by atoms with van der Waals surface area (Å²) in [5.41, 5.74) is 0.666. The van der Waals surface area contributed by atoms with Crippen LogP contribution in [0.25, 0.3) is 0 Å². The van der Waals surface area contributed by atoms with Crippen molar-refractivity contribution < 1.29 is 33.6 Å². The van der Waals surface area contributed by atoms with Gasteiger partial charge >= 0.3 is 11.9 Å². The second kappa shape index (κ2) is 8.77. The van der Waals surface area contributed by atoms with Gasteiger partial charge in [-0.25, -0.2) is 9.59 Å². The van der Waals surface area contributed by atoms with E-state index in [0.29, 0.717) is 11.1 Å². The smallest absolute Gasteiger partial charge is 0.338 e. The van der Waals surface area contributed by atoms with Crippen LogP contribution in [0.1, 0.15) is 20.7 Å². The van der Waals surface area contributed by atoms with Gasteiger partial charge in [0.15, 0.2) is 18.5 Å². The normalized spacial score (nSPS) is 24.8. The van der Waals surface area contributed by atoms with Crippen molar-refractivity contribution in [2.24, 2.45) is 0 Å². The van der Waals surface area contributed by atoms with E-state index in [0.717, 1.165) is 0 Å². The van der Waals surface area contributed by atoms with Crippen LogP contribution in [0.2, 0.25) is 0 Å². The van der Waals surface area contributed by atoms with E-state index >= 15 is 0 Å². The quantitative estimate of drug-likeness (QED) is 0.800. The first-order valence-electron chi connectivity index (χ1n) is 8.44. The van der Waals surface area contributed by atoms with Crippen LogP contribution in [0.5, 0.6) is 0 Å². The van der Waals surface area contributed by atoms with Gasteiger partial charge in [-0.15, -0.1) is 0 Å². The summed E-state index contributed by atoms with van der Waals surface area (Å²) in [5.74, 6) is -1.24. The molecule has 7 nitrogen and oxygen atoms in total. The Morgan fingerprint density at radius 2 is 1.44 bits per heavy atom. The molecule has 0 aliphatic carbocycles. The molecule has 0 amide bonds. The van der Waals surface area contributed by atoms with Crippen LogP contribution in [0.4, 0.5) is 0 Å². The second-order valence-corrected chi connectivity index (χ2v) is 5.97. The van der Waals surface area contributed by atoms with E-state index < -0.39 is 36.5 Å². The first kappa shape index (κ1) is 19.0. The minimum atomic E-state index is -1.30. The van der Waals surface area contributed by atoms with Gasteiger partial charge in [0.2, 0.25) is 0 Å². The molecule has 2 aromatic carbocycles. The molecule has 1 N–H and O–H groups in total. The number of methoxy groups -OCH3 is 1. The molecule has 0 saturated carbocycles. The van der Waals surface area contributed by atoms with Crippen LogP contribution in [0.3, 0.4) is 0 Å². The minimum absolute atomic E-state index is 0.0857. The highest BCUT2D eigenvalue weighted by atomic mass is 16.7. The van der Waals surface area contributed by atoms with Gasteiger partial charge in [0.25, 0.3) is 0 Å². The Bertz CT molecular complexity index is 762. The van der Waals surface area contributed by atoms with Gasteiger partial charge < -0.3 is 24.1 Å². The highest BCUT2D eigenvalue weighted by Gasteiger charge is 2.44. The van der Waals surface area contributed by atoms with Gasteiger partial charge in [-0.2, -0.15) is 0 Å². The molecular weight excluding hydrogens is 352 g/mol. The fourth-order valence-electron chi connectivity index (χ4n) is 2.73. The van der Waals surface area contributed by atoms with Gasteiger partial charge in [0, 0.05) is 7.11 Å². The molecule has 0 unspecified atom stereocenters. The number of esters is 2. The minimum Gasteiger partial charge on any atom is -0.453 e. The molecule has 0 aromatic heterocycles. The van der Waals surface area contributed by atoms with Crippen molar-refractivity contribution in [1.82, 2.24) is 0 Å². The molecule has 1 aliphatic rings. The SMILES string of the molecule is CO[C@H]1OC[C@@H](OC(=O)c2ccccc2)[C@H](O)[C@H]1OC(=O)c1ccccc1. The summed E-state index contributed by atoms with van der Waals surface area (Å²) in [6, 6.07) is 16.7. The predicted molar refractivity (Wildman–Crippen MR) is 94.0 cm³/mol. The van der Waals surface area contributed by atoms with E-state index in [2.05, 4.69) is 0 Å². The number of carbonyl (C=O) groups is 2. The summed E-state index contributed by atoms with van der Waals surface area (Å²) in [6.45, 7) is -0.0857. The molecule has 4 atom stereocenters. The zero-order valence-electron chi connectivity index (χ0n) is 14.7. The molecular formula is C20H20O7. The van der Waals surface area contributed by atoms with Crippen LogP contribution in [0, 0.1) is 0 Å². The molecule has 1 heterocycles. The summed E-state index contributed by atoms with van der Waals surface area (Å²) in [5, 5.41) is 10.6. The Morgan fingerprint density at radius 3 is 1.96 bits per heavy atom. The lowest BCUT2D eigenvalue weighted by Crippen LogP contribution is -2.56. The van der Waals surface area contributed by atoms with E-state index in [-0.39, 0.29) is 6.61 Å². The third kappa shape index (κ3) is 4.51. The summed E-state index contributed by atoms with van der Waals surface area (Å²) < 4.78 is 21.3. The molecule has 1 aliphatic heterocycles. The first-order chi connectivity index (χ1) is 13.1. The largest absolute Gasteiger partial charge is 0.453 e. The topological polar surface area (TPSA) is 91.3 Å². The number of rotatable bonds is 5. The average Bonchev–Trinajstić information content (AvgIpc) is 2.72. The third-order valence-corrected chi connectivity index (χ3v) is 4.16. The monoisotopic (exact) mass is 372 g/mol. The molecule has 7 heteroatoms. The molecule has 0 radical (unpaired) electrons. The maximum absolute atomic E-state index is 12.3. The molecule has 1 fully saturated rings. The van der Waals surface area contributed by atoms with Crippen LogP contribution >= 0.6 is 0 Å². The van der Waals surface area contributed by atoms with Gasteiger partial charge in [-0.05, 0) is 24.3 Å².